The quantitative estimate of drug-likeness (QED) is 0.846. The molecule has 6 nitrogen and oxygen atoms in total. The molecule has 3 N–H and O–H groups in total. The minimum absolute atomic E-state index is 0.159. The number of ether oxygens (including phenoxy) is 2. The molecule has 2 aromatic rings. The zero-order valence-electron chi connectivity index (χ0n) is 13.7. The Kier molecular flexibility index (Phi) is 5.30. The van der Waals surface area contributed by atoms with E-state index in [0.717, 1.165) is 19.4 Å². The van der Waals surface area contributed by atoms with Gasteiger partial charge in [-0.3, -0.25) is 9.59 Å². The molecular weight excluding hydrogens is 320 g/mol. The Morgan fingerprint density at radius 2 is 1.76 bits per heavy atom. The summed E-state index contributed by atoms with van der Waals surface area (Å²) in [6, 6.07) is 13.4. The van der Waals surface area contributed by atoms with Crippen molar-refractivity contribution in [2.45, 2.75) is 18.9 Å². The van der Waals surface area contributed by atoms with Gasteiger partial charge < -0.3 is 20.5 Å². The summed E-state index contributed by atoms with van der Waals surface area (Å²) in [5.74, 6) is -0.0353. The minimum Gasteiger partial charge on any atom is -0.491 e. The van der Waals surface area contributed by atoms with Crippen LogP contribution in [0.2, 0.25) is 0 Å². The highest BCUT2D eigenvalue weighted by Crippen LogP contribution is 2.17. The van der Waals surface area contributed by atoms with E-state index < -0.39 is 5.91 Å². The van der Waals surface area contributed by atoms with Crippen LogP contribution in [0.3, 0.4) is 0 Å². The second-order valence-electron chi connectivity index (χ2n) is 5.87. The monoisotopic (exact) mass is 340 g/mol. The summed E-state index contributed by atoms with van der Waals surface area (Å²) in [6.45, 7) is 1.32. The number of primary amides is 1. The third kappa shape index (κ3) is 4.58. The summed E-state index contributed by atoms with van der Waals surface area (Å²) >= 11 is 0. The third-order valence-electron chi connectivity index (χ3n) is 4.00. The molecule has 1 atom stereocenters. The van der Waals surface area contributed by atoms with E-state index >= 15 is 0 Å². The summed E-state index contributed by atoms with van der Waals surface area (Å²) in [5, 5.41) is 2.77. The molecule has 0 unspecified atom stereocenters. The van der Waals surface area contributed by atoms with Gasteiger partial charge in [0.15, 0.2) is 0 Å². The van der Waals surface area contributed by atoms with Crippen LogP contribution in [0.5, 0.6) is 5.75 Å². The topological polar surface area (TPSA) is 90.7 Å². The van der Waals surface area contributed by atoms with E-state index in [-0.39, 0.29) is 12.0 Å². The van der Waals surface area contributed by atoms with Crippen LogP contribution in [0.25, 0.3) is 0 Å². The fourth-order valence-corrected chi connectivity index (χ4v) is 2.59. The number of carbonyl (C=O) groups is 2. The molecule has 0 radical (unpaired) electrons. The van der Waals surface area contributed by atoms with Crippen LogP contribution >= 0.6 is 0 Å². The lowest BCUT2D eigenvalue weighted by molar-refractivity contribution is 0.0679. The first-order valence-corrected chi connectivity index (χ1v) is 8.17. The second kappa shape index (κ2) is 7.81. The maximum atomic E-state index is 12.2. The predicted molar refractivity (Wildman–Crippen MR) is 93.8 cm³/mol. The van der Waals surface area contributed by atoms with Crippen molar-refractivity contribution in [2.24, 2.45) is 5.73 Å². The Hall–Kier alpha value is -2.86. The molecule has 0 bridgehead atoms. The van der Waals surface area contributed by atoms with Crippen molar-refractivity contribution in [1.29, 1.82) is 0 Å². The van der Waals surface area contributed by atoms with Crippen LogP contribution < -0.4 is 15.8 Å². The van der Waals surface area contributed by atoms with Gasteiger partial charge in [-0.25, -0.2) is 0 Å². The second-order valence-corrected chi connectivity index (χ2v) is 5.87. The number of hydrogen-bond donors (Lipinski definition) is 2. The number of benzene rings is 2. The molecule has 130 valence electrons. The van der Waals surface area contributed by atoms with Crippen LogP contribution in [-0.4, -0.2) is 31.1 Å². The van der Waals surface area contributed by atoms with Crippen LogP contribution in [0.15, 0.2) is 48.5 Å². The zero-order valence-corrected chi connectivity index (χ0v) is 13.7. The smallest absolute Gasteiger partial charge is 0.255 e. The predicted octanol–water partition coefficient (Wildman–Crippen LogP) is 2.60. The van der Waals surface area contributed by atoms with E-state index in [0.29, 0.717) is 29.2 Å². The first-order chi connectivity index (χ1) is 12.1. The molecule has 1 aliphatic rings. The molecule has 2 amide bonds. The van der Waals surface area contributed by atoms with Gasteiger partial charge in [-0.05, 0) is 61.4 Å². The van der Waals surface area contributed by atoms with Crippen molar-refractivity contribution in [1.82, 2.24) is 0 Å². The lowest BCUT2D eigenvalue weighted by atomic mass is 10.1. The standard InChI is InChI=1S/C19H20N2O4/c20-18(22)13-3-7-15(8-4-13)21-19(23)14-5-9-16(10-6-14)25-12-17-2-1-11-24-17/h3-10,17H,1-2,11-12H2,(H2,20,22)(H,21,23)/t17-/m0/s1. The largest absolute Gasteiger partial charge is 0.491 e. The first-order valence-electron chi connectivity index (χ1n) is 8.17. The van der Waals surface area contributed by atoms with Gasteiger partial charge in [0.25, 0.3) is 5.91 Å². The van der Waals surface area contributed by atoms with E-state index in [1.165, 1.54) is 0 Å². The summed E-state index contributed by atoms with van der Waals surface area (Å²) in [4.78, 5) is 23.3. The molecule has 0 aromatic heterocycles. The van der Waals surface area contributed by atoms with Crippen molar-refractivity contribution in [3.63, 3.8) is 0 Å². The normalized spacial score (nSPS) is 16.4. The van der Waals surface area contributed by atoms with Gasteiger partial charge in [0.1, 0.15) is 12.4 Å². The van der Waals surface area contributed by atoms with Gasteiger partial charge >= 0.3 is 0 Å². The molecule has 1 saturated heterocycles. The average Bonchev–Trinajstić information content (AvgIpc) is 3.14. The van der Waals surface area contributed by atoms with Crippen LogP contribution in [0, 0.1) is 0 Å². The van der Waals surface area contributed by atoms with Crippen molar-refractivity contribution in [3.05, 3.63) is 59.7 Å². The molecule has 2 aromatic carbocycles. The number of hydrogen-bond acceptors (Lipinski definition) is 4. The number of nitrogens with one attached hydrogen (secondary N) is 1. The fraction of sp³-hybridized carbons (Fsp3) is 0.263. The van der Waals surface area contributed by atoms with E-state index in [2.05, 4.69) is 5.32 Å². The Morgan fingerprint density at radius 1 is 1.08 bits per heavy atom. The van der Waals surface area contributed by atoms with Crippen molar-refractivity contribution >= 4 is 17.5 Å². The lowest BCUT2D eigenvalue weighted by Crippen LogP contribution is -2.16. The highest BCUT2D eigenvalue weighted by atomic mass is 16.5. The molecule has 1 fully saturated rings. The number of nitrogens with two attached hydrogens (primary N) is 1. The summed E-state index contributed by atoms with van der Waals surface area (Å²) in [5.41, 5.74) is 6.69. The molecule has 0 aliphatic carbocycles. The van der Waals surface area contributed by atoms with Gasteiger partial charge in [0, 0.05) is 23.4 Å². The number of amides is 2. The number of anilines is 1. The Balaban J connectivity index is 1.55. The molecular formula is C19H20N2O4. The molecule has 3 rings (SSSR count). The van der Waals surface area contributed by atoms with Crippen molar-refractivity contribution in [2.75, 3.05) is 18.5 Å². The van der Waals surface area contributed by atoms with Gasteiger partial charge in [-0.1, -0.05) is 0 Å². The van der Waals surface area contributed by atoms with Crippen molar-refractivity contribution < 1.29 is 19.1 Å². The van der Waals surface area contributed by atoms with Crippen LogP contribution in [-0.2, 0) is 4.74 Å². The lowest BCUT2D eigenvalue weighted by Gasteiger charge is -2.12. The molecule has 1 heterocycles. The Labute approximate surface area is 145 Å². The molecule has 1 aliphatic heterocycles. The highest BCUT2D eigenvalue weighted by molar-refractivity contribution is 6.04. The Bertz CT molecular complexity index is 735. The van der Waals surface area contributed by atoms with Crippen LogP contribution in [0.1, 0.15) is 33.6 Å². The fourth-order valence-electron chi connectivity index (χ4n) is 2.59. The Morgan fingerprint density at radius 3 is 2.36 bits per heavy atom. The first kappa shape index (κ1) is 17.0. The molecule has 0 saturated carbocycles. The third-order valence-corrected chi connectivity index (χ3v) is 4.00. The van der Waals surface area contributed by atoms with Crippen LogP contribution in [0.4, 0.5) is 5.69 Å². The number of rotatable bonds is 6. The summed E-state index contributed by atoms with van der Waals surface area (Å²) < 4.78 is 11.2. The van der Waals surface area contributed by atoms with Gasteiger partial charge in [0.05, 0.1) is 6.10 Å². The van der Waals surface area contributed by atoms with Gasteiger partial charge in [-0.2, -0.15) is 0 Å². The van der Waals surface area contributed by atoms with Crippen molar-refractivity contribution in [3.8, 4) is 5.75 Å². The molecule has 25 heavy (non-hydrogen) atoms. The van der Waals surface area contributed by atoms with Gasteiger partial charge in [0.2, 0.25) is 5.91 Å². The van der Waals surface area contributed by atoms with E-state index in [4.69, 9.17) is 15.2 Å². The molecule has 6 heteroatoms. The summed E-state index contributed by atoms with van der Waals surface area (Å²) in [6.07, 6.45) is 2.26. The zero-order chi connectivity index (χ0) is 17.6. The average molecular weight is 340 g/mol. The number of carbonyl (C=O) groups excluding carboxylic acids is 2. The van der Waals surface area contributed by atoms with Gasteiger partial charge in [-0.15, -0.1) is 0 Å². The maximum Gasteiger partial charge on any atom is 0.255 e. The highest BCUT2D eigenvalue weighted by Gasteiger charge is 2.16. The maximum absolute atomic E-state index is 12.2. The van der Waals surface area contributed by atoms with E-state index in [1.54, 1.807) is 48.5 Å². The molecule has 0 spiro atoms. The minimum atomic E-state index is -0.503. The SMILES string of the molecule is NC(=O)c1ccc(NC(=O)c2ccc(OC[C@@H]3CCCO3)cc2)cc1. The summed E-state index contributed by atoms with van der Waals surface area (Å²) in [7, 11) is 0. The van der Waals surface area contributed by atoms with E-state index in [9.17, 15) is 9.59 Å². The van der Waals surface area contributed by atoms with E-state index in [1.807, 2.05) is 0 Å².